The summed E-state index contributed by atoms with van der Waals surface area (Å²) in [6.07, 6.45) is 2.13. The van der Waals surface area contributed by atoms with Crippen LogP contribution in [0.1, 0.15) is 6.42 Å². The van der Waals surface area contributed by atoms with Crippen molar-refractivity contribution in [3.63, 3.8) is 0 Å². The zero-order chi connectivity index (χ0) is 9.26. The highest BCUT2D eigenvalue weighted by Crippen LogP contribution is 2.16. The van der Waals surface area contributed by atoms with Crippen molar-refractivity contribution >= 4 is 17.5 Å². The van der Waals surface area contributed by atoms with E-state index in [1.54, 1.807) is 12.3 Å². The molecule has 1 N–H and O–H groups in total. The van der Waals surface area contributed by atoms with Gasteiger partial charge in [-0.05, 0) is 12.5 Å². The lowest BCUT2D eigenvalue weighted by Gasteiger charge is -2.14. The van der Waals surface area contributed by atoms with Crippen LogP contribution < -0.4 is 4.90 Å². The second kappa shape index (κ2) is 3.47. The summed E-state index contributed by atoms with van der Waals surface area (Å²) in [6, 6.07) is 1.64. The maximum Gasteiger partial charge on any atom is 0.226 e. The van der Waals surface area contributed by atoms with E-state index in [2.05, 4.69) is 9.97 Å². The zero-order valence-electron chi connectivity index (χ0n) is 7.02. The first-order chi connectivity index (χ1) is 6.25. The second-order valence-electron chi connectivity index (χ2n) is 3.07. The molecule has 0 aliphatic carbocycles. The topological polar surface area (TPSA) is 49.2 Å². The van der Waals surface area contributed by atoms with Crippen molar-refractivity contribution in [1.82, 2.24) is 9.97 Å². The Morgan fingerprint density at radius 3 is 3.08 bits per heavy atom. The summed E-state index contributed by atoms with van der Waals surface area (Å²) in [7, 11) is 0. The van der Waals surface area contributed by atoms with Gasteiger partial charge >= 0.3 is 0 Å². The number of β-amino-alcohol motifs (C(OH)–C–C–N with tert-alkyl or cyclic N) is 1. The fraction of sp³-hybridized carbons (Fsp3) is 0.500. The smallest absolute Gasteiger partial charge is 0.226 e. The molecule has 0 bridgehead atoms. The number of hydrogen-bond acceptors (Lipinski definition) is 4. The van der Waals surface area contributed by atoms with Gasteiger partial charge in [-0.3, -0.25) is 0 Å². The van der Waals surface area contributed by atoms with Crippen LogP contribution in [0.25, 0.3) is 0 Å². The number of anilines is 1. The molecule has 0 saturated carbocycles. The summed E-state index contributed by atoms with van der Waals surface area (Å²) in [5.74, 6) is 0.601. The largest absolute Gasteiger partial charge is 0.391 e. The van der Waals surface area contributed by atoms with E-state index in [1.807, 2.05) is 4.90 Å². The van der Waals surface area contributed by atoms with Gasteiger partial charge in [-0.2, -0.15) is 0 Å². The van der Waals surface area contributed by atoms with E-state index in [0.717, 1.165) is 13.0 Å². The van der Waals surface area contributed by atoms with E-state index < -0.39 is 0 Å². The number of aliphatic hydroxyl groups excluding tert-OH is 1. The van der Waals surface area contributed by atoms with Crippen LogP contribution >= 0.6 is 11.6 Å². The van der Waals surface area contributed by atoms with Crippen LogP contribution in [0.4, 0.5) is 5.95 Å². The maximum atomic E-state index is 9.30. The monoisotopic (exact) mass is 199 g/mol. The van der Waals surface area contributed by atoms with Crippen LogP contribution in [0, 0.1) is 0 Å². The molecular formula is C8H10ClN3O. The molecule has 1 saturated heterocycles. The number of halogens is 1. The van der Waals surface area contributed by atoms with Gasteiger partial charge in [-0.1, -0.05) is 11.6 Å². The predicted octanol–water partition coefficient (Wildman–Crippen LogP) is 0.701. The van der Waals surface area contributed by atoms with Crippen LogP contribution in [0.2, 0.25) is 5.15 Å². The molecule has 0 aromatic carbocycles. The van der Waals surface area contributed by atoms with Crippen molar-refractivity contribution in [2.24, 2.45) is 0 Å². The fourth-order valence-electron chi connectivity index (χ4n) is 1.40. The molecule has 1 atom stereocenters. The van der Waals surface area contributed by atoms with Gasteiger partial charge in [0, 0.05) is 19.3 Å². The van der Waals surface area contributed by atoms with Gasteiger partial charge in [0.15, 0.2) is 0 Å². The molecule has 2 heterocycles. The van der Waals surface area contributed by atoms with Crippen molar-refractivity contribution in [3.8, 4) is 0 Å². The first kappa shape index (κ1) is 8.72. The zero-order valence-corrected chi connectivity index (χ0v) is 7.78. The molecule has 13 heavy (non-hydrogen) atoms. The summed E-state index contributed by atoms with van der Waals surface area (Å²) < 4.78 is 0. The molecule has 0 unspecified atom stereocenters. The van der Waals surface area contributed by atoms with E-state index in [1.165, 1.54) is 0 Å². The molecule has 1 fully saturated rings. The minimum atomic E-state index is -0.261. The average Bonchev–Trinajstić information content (AvgIpc) is 2.52. The fourth-order valence-corrected chi connectivity index (χ4v) is 1.53. The van der Waals surface area contributed by atoms with Crippen molar-refractivity contribution in [2.75, 3.05) is 18.0 Å². The second-order valence-corrected chi connectivity index (χ2v) is 3.46. The van der Waals surface area contributed by atoms with Gasteiger partial charge in [-0.15, -0.1) is 0 Å². The molecule has 0 amide bonds. The summed E-state index contributed by atoms with van der Waals surface area (Å²) in [5.41, 5.74) is 0. The predicted molar refractivity (Wildman–Crippen MR) is 49.9 cm³/mol. The normalized spacial score (nSPS) is 22.3. The van der Waals surface area contributed by atoms with Gasteiger partial charge in [0.05, 0.1) is 6.10 Å². The third-order valence-corrected chi connectivity index (χ3v) is 2.27. The van der Waals surface area contributed by atoms with Crippen LogP contribution in [-0.4, -0.2) is 34.3 Å². The molecule has 0 spiro atoms. The first-order valence-corrected chi connectivity index (χ1v) is 4.55. The molecule has 1 aliphatic rings. The Hall–Kier alpha value is -0.870. The van der Waals surface area contributed by atoms with E-state index in [0.29, 0.717) is 17.6 Å². The minimum Gasteiger partial charge on any atom is -0.391 e. The minimum absolute atomic E-state index is 0.261. The highest BCUT2D eigenvalue weighted by atomic mass is 35.5. The van der Waals surface area contributed by atoms with Gasteiger partial charge in [-0.25, -0.2) is 9.97 Å². The van der Waals surface area contributed by atoms with Crippen LogP contribution in [0.5, 0.6) is 0 Å². The lowest BCUT2D eigenvalue weighted by molar-refractivity contribution is 0.198. The molecule has 4 nitrogen and oxygen atoms in total. The molecule has 0 radical (unpaired) electrons. The number of nitrogens with zero attached hydrogens (tertiary/aromatic N) is 3. The summed E-state index contributed by atoms with van der Waals surface area (Å²) in [5, 5.41) is 9.74. The van der Waals surface area contributed by atoms with Gasteiger partial charge in [0.2, 0.25) is 5.95 Å². The highest BCUT2D eigenvalue weighted by Gasteiger charge is 2.22. The lowest BCUT2D eigenvalue weighted by atomic mass is 10.3. The third-order valence-electron chi connectivity index (χ3n) is 2.06. The number of rotatable bonds is 1. The summed E-state index contributed by atoms with van der Waals surface area (Å²) in [4.78, 5) is 10.1. The third kappa shape index (κ3) is 1.89. The Morgan fingerprint density at radius 2 is 2.46 bits per heavy atom. The number of aromatic nitrogens is 2. The van der Waals surface area contributed by atoms with Crippen molar-refractivity contribution < 1.29 is 5.11 Å². The lowest BCUT2D eigenvalue weighted by Crippen LogP contribution is -2.23. The van der Waals surface area contributed by atoms with Crippen molar-refractivity contribution in [1.29, 1.82) is 0 Å². The molecule has 1 aromatic rings. The SMILES string of the molecule is O[C@H]1CCN(c2nccc(Cl)n2)C1. The van der Waals surface area contributed by atoms with Crippen LogP contribution in [0.15, 0.2) is 12.3 Å². The van der Waals surface area contributed by atoms with Gasteiger partial charge in [0.25, 0.3) is 0 Å². The van der Waals surface area contributed by atoms with E-state index in [9.17, 15) is 5.11 Å². The molecule has 1 aromatic heterocycles. The van der Waals surface area contributed by atoms with Crippen LogP contribution in [-0.2, 0) is 0 Å². The Balaban J connectivity index is 2.16. The Bertz CT molecular complexity index is 307. The molecule has 1 aliphatic heterocycles. The highest BCUT2D eigenvalue weighted by molar-refractivity contribution is 6.29. The number of hydrogen-bond donors (Lipinski definition) is 1. The average molecular weight is 200 g/mol. The Morgan fingerprint density at radius 1 is 1.62 bits per heavy atom. The molecule has 5 heteroatoms. The molecule has 70 valence electrons. The van der Waals surface area contributed by atoms with E-state index in [4.69, 9.17) is 11.6 Å². The molecular weight excluding hydrogens is 190 g/mol. The maximum absolute atomic E-state index is 9.30. The summed E-state index contributed by atoms with van der Waals surface area (Å²) >= 11 is 5.72. The van der Waals surface area contributed by atoms with Gasteiger partial charge in [0.1, 0.15) is 5.15 Å². The standard InChI is InChI=1S/C8H10ClN3O/c9-7-1-3-10-8(11-7)12-4-2-6(13)5-12/h1,3,6,13H,2,4-5H2/t6-/m0/s1. The van der Waals surface area contributed by atoms with Crippen molar-refractivity contribution in [2.45, 2.75) is 12.5 Å². The van der Waals surface area contributed by atoms with Crippen molar-refractivity contribution in [3.05, 3.63) is 17.4 Å². The Labute approximate surface area is 81.2 Å². The first-order valence-electron chi connectivity index (χ1n) is 4.17. The molecule has 2 rings (SSSR count). The quantitative estimate of drug-likeness (QED) is 0.677. The summed E-state index contributed by atoms with van der Waals surface area (Å²) in [6.45, 7) is 1.39. The van der Waals surface area contributed by atoms with E-state index in [-0.39, 0.29) is 6.10 Å². The Kier molecular flexibility index (Phi) is 2.33. The van der Waals surface area contributed by atoms with Crippen LogP contribution in [0.3, 0.4) is 0 Å². The van der Waals surface area contributed by atoms with Gasteiger partial charge < -0.3 is 10.0 Å². The number of aliphatic hydroxyl groups is 1. The van der Waals surface area contributed by atoms with E-state index >= 15 is 0 Å².